The van der Waals surface area contributed by atoms with E-state index in [1.54, 1.807) is 17.7 Å². The van der Waals surface area contributed by atoms with Gasteiger partial charge in [0, 0.05) is 6.07 Å². The molecule has 0 fully saturated rings. The molecule has 0 aliphatic heterocycles. The lowest BCUT2D eigenvalue weighted by Gasteiger charge is -2.09. The Bertz CT molecular complexity index is 655. The van der Waals surface area contributed by atoms with Crippen LogP contribution in [0.5, 0.6) is 0 Å². The highest BCUT2D eigenvalue weighted by Crippen LogP contribution is 2.22. The third-order valence-corrected chi connectivity index (χ3v) is 3.31. The highest BCUT2D eigenvalue weighted by atomic mass is 35.5. The van der Waals surface area contributed by atoms with Crippen molar-refractivity contribution in [3.8, 4) is 5.69 Å². The summed E-state index contributed by atoms with van der Waals surface area (Å²) in [5, 5.41) is 4.23. The predicted octanol–water partition coefficient (Wildman–Crippen LogP) is 3.79. The van der Waals surface area contributed by atoms with Crippen molar-refractivity contribution in [1.82, 2.24) is 9.78 Å². The van der Waals surface area contributed by atoms with Gasteiger partial charge in [0.05, 0.1) is 29.2 Å². The monoisotopic (exact) mass is 310 g/mol. The molecule has 0 N–H and O–H groups in total. The van der Waals surface area contributed by atoms with Crippen molar-refractivity contribution in [2.75, 3.05) is 6.61 Å². The third kappa shape index (κ3) is 3.24. The van der Waals surface area contributed by atoms with Crippen molar-refractivity contribution in [2.45, 2.75) is 26.7 Å². The Morgan fingerprint density at radius 3 is 2.81 bits per heavy atom. The summed E-state index contributed by atoms with van der Waals surface area (Å²) < 4.78 is 20.2. The minimum absolute atomic E-state index is 0.0496. The molecule has 112 valence electrons. The first-order valence-corrected chi connectivity index (χ1v) is 7.15. The van der Waals surface area contributed by atoms with Crippen molar-refractivity contribution in [3.63, 3.8) is 0 Å². The van der Waals surface area contributed by atoms with E-state index in [2.05, 4.69) is 5.10 Å². The molecule has 0 aliphatic carbocycles. The van der Waals surface area contributed by atoms with Crippen LogP contribution in [0.4, 0.5) is 4.39 Å². The summed E-state index contributed by atoms with van der Waals surface area (Å²) in [7, 11) is 0. The number of nitrogens with zero attached hydrogens (tertiary/aromatic N) is 2. The number of benzene rings is 1. The number of aromatic nitrogens is 2. The zero-order chi connectivity index (χ0) is 15.4. The molecule has 0 atom stereocenters. The molecular weight excluding hydrogens is 295 g/mol. The zero-order valence-electron chi connectivity index (χ0n) is 11.9. The molecule has 1 heterocycles. The minimum atomic E-state index is -0.523. The fraction of sp³-hybridized carbons (Fsp3) is 0.333. The molecule has 0 aliphatic rings. The normalized spacial score (nSPS) is 10.7. The summed E-state index contributed by atoms with van der Waals surface area (Å²) in [5.41, 5.74) is 1.64. The van der Waals surface area contributed by atoms with E-state index in [-0.39, 0.29) is 5.02 Å². The highest BCUT2D eigenvalue weighted by molar-refractivity contribution is 6.30. The summed E-state index contributed by atoms with van der Waals surface area (Å²) in [4.78, 5) is 11.9. The Labute approximate surface area is 127 Å². The van der Waals surface area contributed by atoms with Crippen LogP contribution in [0, 0.1) is 5.82 Å². The van der Waals surface area contributed by atoms with Crippen molar-refractivity contribution in [2.24, 2.45) is 0 Å². The van der Waals surface area contributed by atoms with Crippen LogP contribution in [0.1, 0.15) is 36.3 Å². The van der Waals surface area contributed by atoms with Gasteiger partial charge >= 0.3 is 5.97 Å². The Morgan fingerprint density at radius 1 is 1.43 bits per heavy atom. The van der Waals surface area contributed by atoms with Gasteiger partial charge in [-0.25, -0.2) is 13.9 Å². The van der Waals surface area contributed by atoms with Crippen LogP contribution in [0.15, 0.2) is 24.4 Å². The number of hydrogen-bond donors (Lipinski definition) is 0. The third-order valence-electron chi connectivity index (χ3n) is 3.00. The van der Waals surface area contributed by atoms with Gasteiger partial charge in [0.15, 0.2) is 0 Å². The first kappa shape index (κ1) is 15.5. The quantitative estimate of drug-likeness (QED) is 0.789. The molecule has 2 rings (SSSR count). The van der Waals surface area contributed by atoms with Crippen LogP contribution in [-0.4, -0.2) is 22.4 Å². The molecule has 0 bridgehead atoms. The lowest BCUT2D eigenvalue weighted by molar-refractivity contribution is 0.0525. The molecule has 1 aromatic carbocycles. The van der Waals surface area contributed by atoms with Crippen LogP contribution in [0.3, 0.4) is 0 Å². The van der Waals surface area contributed by atoms with E-state index in [0.29, 0.717) is 30.0 Å². The highest BCUT2D eigenvalue weighted by Gasteiger charge is 2.19. The SMILES string of the molecule is CCCc1c(C(=O)OCC)cnn1-c1ccc(Cl)c(F)c1. The van der Waals surface area contributed by atoms with Gasteiger partial charge in [0.2, 0.25) is 0 Å². The van der Waals surface area contributed by atoms with Crippen LogP contribution >= 0.6 is 11.6 Å². The molecule has 0 spiro atoms. The van der Waals surface area contributed by atoms with E-state index in [1.807, 2.05) is 6.92 Å². The molecule has 0 saturated carbocycles. The maximum atomic E-state index is 13.6. The standard InChI is InChI=1S/C15H16ClFN2O2/c1-3-5-14-11(15(20)21-4-2)9-18-19(14)10-6-7-12(16)13(17)8-10/h6-9H,3-5H2,1-2H3. The van der Waals surface area contributed by atoms with E-state index < -0.39 is 11.8 Å². The van der Waals surface area contributed by atoms with Gasteiger partial charge in [0.25, 0.3) is 0 Å². The van der Waals surface area contributed by atoms with Gasteiger partial charge in [-0.15, -0.1) is 0 Å². The van der Waals surface area contributed by atoms with E-state index >= 15 is 0 Å². The first-order chi connectivity index (χ1) is 10.1. The Kier molecular flexibility index (Phi) is 4.96. The van der Waals surface area contributed by atoms with Crippen LogP contribution in [0.2, 0.25) is 5.02 Å². The van der Waals surface area contributed by atoms with Gasteiger partial charge in [-0.05, 0) is 25.5 Å². The maximum absolute atomic E-state index is 13.6. The predicted molar refractivity (Wildman–Crippen MR) is 78.5 cm³/mol. The number of halogens is 2. The summed E-state index contributed by atoms with van der Waals surface area (Å²) in [6.45, 7) is 4.04. The summed E-state index contributed by atoms with van der Waals surface area (Å²) in [5.74, 6) is -0.938. The summed E-state index contributed by atoms with van der Waals surface area (Å²) >= 11 is 5.69. The number of hydrogen-bond acceptors (Lipinski definition) is 3. The van der Waals surface area contributed by atoms with Crippen molar-refractivity contribution >= 4 is 17.6 Å². The topological polar surface area (TPSA) is 44.1 Å². The molecular formula is C15H16ClFN2O2. The number of carbonyl (C=O) groups is 1. The van der Waals surface area contributed by atoms with Crippen molar-refractivity contribution < 1.29 is 13.9 Å². The summed E-state index contributed by atoms with van der Waals surface area (Å²) in [6, 6.07) is 4.42. The first-order valence-electron chi connectivity index (χ1n) is 6.77. The van der Waals surface area contributed by atoms with Gasteiger partial charge in [-0.2, -0.15) is 5.10 Å². The molecule has 2 aromatic rings. The van der Waals surface area contributed by atoms with Gasteiger partial charge < -0.3 is 4.74 Å². The fourth-order valence-electron chi connectivity index (χ4n) is 2.07. The average Bonchev–Trinajstić information content (AvgIpc) is 2.86. The fourth-order valence-corrected chi connectivity index (χ4v) is 2.19. The van der Waals surface area contributed by atoms with E-state index in [0.717, 1.165) is 6.42 Å². The van der Waals surface area contributed by atoms with Crippen LogP contribution in [0.25, 0.3) is 5.69 Å². The molecule has 0 radical (unpaired) electrons. The second kappa shape index (κ2) is 6.72. The molecule has 4 nitrogen and oxygen atoms in total. The van der Waals surface area contributed by atoms with Crippen LogP contribution < -0.4 is 0 Å². The maximum Gasteiger partial charge on any atom is 0.341 e. The number of carbonyl (C=O) groups excluding carboxylic acids is 1. The van der Waals surface area contributed by atoms with Crippen LogP contribution in [-0.2, 0) is 11.2 Å². The molecule has 6 heteroatoms. The average molecular weight is 311 g/mol. The van der Waals surface area contributed by atoms with Gasteiger partial charge in [-0.3, -0.25) is 0 Å². The van der Waals surface area contributed by atoms with Gasteiger partial charge in [0.1, 0.15) is 11.4 Å². The zero-order valence-corrected chi connectivity index (χ0v) is 12.7. The smallest absolute Gasteiger partial charge is 0.341 e. The number of esters is 1. The lowest BCUT2D eigenvalue weighted by atomic mass is 10.1. The number of ether oxygens (including phenoxy) is 1. The molecule has 21 heavy (non-hydrogen) atoms. The van der Waals surface area contributed by atoms with Crippen molar-refractivity contribution in [1.29, 1.82) is 0 Å². The molecule has 0 unspecified atom stereocenters. The van der Waals surface area contributed by atoms with Gasteiger partial charge in [-0.1, -0.05) is 24.9 Å². The second-order valence-electron chi connectivity index (χ2n) is 4.49. The van der Waals surface area contributed by atoms with E-state index in [9.17, 15) is 9.18 Å². The lowest BCUT2D eigenvalue weighted by Crippen LogP contribution is -2.09. The molecule has 0 saturated heterocycles. The Morgan fingerprint density at radius 2 is 2.19 bits per heavy atom. The summed E-state index contributed by atoms with van der Waals surface area (Å²) in [6.07, 6.45) is 2.92. The number of rotatable bonds is 5. The Hall–Kier alpha value is -1.88. The van der Waals surface area contributed by atoms with E-state index in [1.165, 1.54) is 18.3 Å². The molecule has 1 aromatic heterocycles. The minimum Gasteiger partial charge on any atom is -0.462 e. The molecule has 0 amide bonds. The van der Waals surface area contributed by atoms with Crippen molar-refractivity contribution in [3.05, 3.63) is 46.5 Å². The van der Waals surface area contributed by atoms with E-state index in [4.69, 9.17) is 16.3 Å². The second-order valence-corrected chi connectivity index (χ2v) is 4.89. The Balaban J connectivity index is 2.48. The largest absolute Gasteiger partial charge is 0.462 e.